The van der Waals surface area contributed by atoms with Crippen molar-refractivity contribution in [1.82, 2.24) is 5.32 Å². The molecule has 0 aliphatic heterocycles. The minimum absolute atomic E-state index is 0.0589. The van der Waals surface area contributed by atoms with Crippen LogP contribution >= 0.6 is 0 Å². The predicted molar refractivity (Wildman–Crippen MR) is 76.9 cm³/mol. The first-order valence-electron chi connectivity index (χ1n) is 6.88. The summed E-state index contributed by atoms with van der Waals surface area (Å²) >= 11 is 0. The maximum Gasteiger partial charge on any atom is 0.220 e. The third-order valence-electron chi connectivity index (χ3n) is 2.82. The lowest BCUT2D eigenvalue weighted by Crippen LogP contribution is -2.24. The van der Waals surface area contributed by atoms with E-state index < -0.39 is 0 Å². The summed E-state index contributed by atoms with van der Waals surface area (Å²) in [5, 5.41) is 11.9. The number of carbonyl (C=O) groups is 1. The average molecular weight is 281 g/mol. The van der Waals surface area contributed by atoms with Crippen molar-refractivity contribution in [2.45, 2.75) is 32.8 Å². The van der Waals surface area contributed by atoms with Crippen LogP contribution in [0.2, 0.25) is 0 Å². The van der Waals surface area contributed by atoms with Gasteiger partial charge in [-0.25, -0.2) is 0 Å². The molecule has 5 heteroatoms. The fourth-order valence-electron chi connectivity index (χ4n) is 1.72. The third-order valence-corrected chi connectivity index (χ3v) is 2.82. The van der Waals surface area contributed by atoms with Crippen molar-refractivity contribution >= 4 is 5.91 Å². The number of amides is 1. The second-order valence-electron chi connectivity index (χ2n) is 4.43. The Kier molecular flexibility index (Phi) is 7.50. The molecular formula is C15H23NO4. The highest BCUT2D eigenvalue weighted by Gasteiger charge is 2.05. The van der Waals surface area contributed by atoms with Gasteiger partial charge in [-0.2, -0.15) is 0 Å². The SMILES string of the molecule is CCCNC(=O)CCCOc1ccc(CO)c(OC)c1. The van der Waals surface area contributed by atoms with E-state index in [1.165, 1.54) is 0 Å². The van der Waals surface area contributed by atoms with Gasteiger partial charge in [-0.15, -0.1) is 0 Å². The van der Waals surface area contributed by atoms with Gasteiger partial charge in [0.15, 0.2) is 0 Å². The van der Waals surface area contributed by atoms with Crippen LogP contribution in [0.3, 0.4) is 0 Å². The normalized spacial score (nSPS) is 10.2. The van der Waals surface area contributed by atoms with Crippen molar-refractivity contribution < 1.29 is 19.4 Å². The van der Waals surface area contributed by atoms with E-state index in [0.717, 1.165) is 18.5 Å². The van der Waals surface area contributed by atoms with E-state index in [1.807, 2.05) is 6.92 Å². The molecule has 112 valence electrons. The lowest BCUT2D eigenvalue weighted by Gasteiger charge is -2.10. The molecule has 0 radical (unpaired) electrons. The fourth-order valence-corrected chi connectivity index (χ4v) is 1.72. The summed E-state index contributed by atoms with van der Waals surface area (Å²) in [5.41, 5.74) is 0.721. The van der Waals surface area contributed by atoms with E-state index in [9.17, 15) is 4.79 Å². The number of nitrogens with one attached hydrogen (secondary N) is 1. The van der Waals surface area contributed by atoms with Crippen molar-refractivity contribution in [3.05, 3.63) is 23.8 Å². The number of methoxy groups -OCH3 is 1. The Hall–Kier alpha value is -1.75. The zero-order valence-electron chi connectivity index (χ0n) is 12.1. The molecule has 0 aliphatic carbocycles. The molecule has 5 nitrogen and oxygen atoms in total. The largest absolute Gasteiger partial charge is 0.496 e. The molecule has 0 aliphatic rings. The highest BCUT2D eigenvalue weighted by molar-refractivity contribution is 5.75. The first kappa shape index (κ1) is 16.3. The minimum atomic E-state index is -0.0684. The molecule has 0 atom stereocenters. The van der Waals surface area contributed by atoms with E-state index in [1.54, 1.807) is 25.3 Å². The number of rotatable bonds is 9. The molecular weight excluding hydrogens is 258 g/mol. The van der Waals surface area contributed by atoms with Crippen LogP contribution < -0.4 is 14.8 Å². The summed E-state index contributed by atoms with van der Waals surface area (Å²) in [6.45, 7) is 3.15. The maximum absolute atomic E-state index is 11.4. The molecule has 1 aromatic rings. The Balaban J connectivity index is 2.33. The summed E-state index contributed by atoms with van der Waals surface area (Å²) in [6, 6.07) is 5.29. The van der Waals surface area contributed by atoms with Crippen molar-refractivity contribution in [2.75, 3.05) is 20.3 Å². The van der Waals surface area contributed by atoms with Gasteiger partial charge in [0.1, 0.15) is 11.5 Å². The smallest absolute Gasteiger partial charge is 0.220 e. The second kappa shape index (κ2) is 9.20. The standard InChI is InChI=1S/C15H23NO4/c1-3-8-16-15(18)5-4-9-20-13-7-6-12(11-17)14(10-13)19-2/h6-7,10,17H,3-5,8-9,11H2,1-2H3,(H,16,18). The van der Waals surface area contributed by atoms with Crippen LogP contribution in [0.15, 0.2) is 18.2 Å². The van der Waals surface area contributed by atoms with Crippen LogP contribution in [-0.4, -0.2) is 31.3 Å². The van der Waals surface area contributed by atoms with Gasteiger partial charge in [0.2, 0.25) is 5.91 Å². The summed E-state index contributed by atoms with van der Waals surface area (Å²) in [7, 11) is 1.55. The number of hydrogen-bond donors (Lipinski definition) is 2. The molecule has 0 unspecified atom stereocenters. The van der Waals surface area contributed by atoms with E-state index in [2.05, 4.69) is 5.32 Å². The van der Waals surface area contributed by atoms with Crippen LogP contribution in [0.5, 0.6) is 11.5 Å². The Morgan fingerprint density at radius 2 is 2.20 bits per heavy atom. The van der Waals surface area contributed by atoms with Crippen LogP contribution in [0.1, 0.15) is 31.7 Å². The second-order valence-corrected chi connectivity index (χ2v) is 4.43. The fraction of sp³-hybridized carbons (Fsp3) is 0.533. The molecule has 1 rings (SSSR count). The maximum atomic E-state index is 11.4. The Morgan fingerprint density at radius 3 is 2.85 bits per heavy atom. The first-order valence-corrected chi connectivity index (χ1v) is 6.88. The molecule has 0 fully saturated rings. The number of benzene rings is 1. The van der Waals surface area contributed by atoms with Gasteiger partial charge >= 0.3 is 0 Å². The molecule has 0 spiro atoms. The Labute approximate surface area is 119 Å². The Morgan fingerprint density at radius 1 is 1.40 bits per heavy atom. The third kappa shape index (κ3) is 5.48. The van der Waals surface area contributed by atoms with Crippen molar-refractivity contribution in [3.63, 3.8) is 0 Å². The van der Waals surface area contributed by atoms with Gasteiger partial charge < -0.3 is 19.9 Å². The molecule has 2 N–H and O–H groups in total. The topological polar surface area (TPSA) is 67.8 Å². The molecule has 1 aromatic carbocycles. The summed E-state index contributed by atoms with van der Waals surface area (Å²) in [6.07, 6.45) is 2.07. The van der Waals surface area contributed by atoms with E-state index in [0.29, 0.717) is 30.9 Å². The van der Waals surface area contributed by atoms with Crippen LogP contribution in [0.25, 0.3) is 0 Å². The van der Waals surface area contributed by atoms with Gasteiger partial charge in [0, 0.05) is 24.6 Å². The molecule has 0 heterocycles. The van der Waals surface area contributed by atoms with Crippen LogP contribution in [-0.2, 0) is 11.4 Å². The average Bonchev–Trinajstić information content (AvgIpc) is 2.49. The zero-order valence-corrected chi connectivity index (χ0v) is 12.1. The minimum Gasteiger partial charge on any atom is -0.496 e. The highest BCUT2D eigenvalue weighted by atomic mass is 16.5. The van der Waals surface area contributed by atoms with Gasteiger partial charge in [-0.05, 0) is 25.0 Å². The monoisotopic (exact) mass is 281 g/mol. The number of carbonyl (C=O) groups excluding carboxylic acids is 1. The van der Waals surface area contributed by atoms with E-state index in [-0.39, 0.29) is 12.5 Å². The lowest BCUT2D eigenvalue weighted by atomic mass is 10.2. The summed E-state index contributed by atoms with van der Waals surface area (Å²) < 4.78 is 10.7. The van der Waals surface area contributed by atoms with Crippen LogP contribution in [0, 0.1) is 0 Å². The number of ether oxygens (including phenoxy) is 2. The van der Waals surface area contributed by atoms with E-state index >= 15 is 0 Å². The number of aliphatic hydroxyl groups is 1. The van der Waals surface area contributed by atoms with Crippen molar-refractivity contribution in [3.8, 4) is 11.5 Å². The molecule has 0 bridgehead atoms. The molecule has 20 heavy (non-hydrogen) atoms. The highest BCUT2D eigenvalue weighted by Crippen LogP contribution is 2.24. The number of aliphatic hydroxyl groups excluding tert-OH is 1. The molecule has 0 saturated carbocycles. The predicted octanol–water partition coefficient (Wildman–Crippen LogP) is 1.87. The van der Waals surface area contributed by atoms with Crippen molar-refractivity contribution in [1.29, 1.82) is 0 Å². The molecule has 0 saturated heterocycles. The number of hydrogen-bond acceptors (Lipinski definition) is 4. The first-order chi connectivity index (χ1) is 9.71. The summed E-state index contributed by atoms with van der Waals surface area (Å²) in [5.74, 6) is 1.34. The zero-order chi connectivity index (χ0) is 14.8. The van der Waals surface area contributed by atoms with Gasteiger partial charge in [-0.3, -0.25) is 4.79 Å². The van der Waals surface area contributed by atoms with Crippen LogP contribution in [0.4, 0.5) is 0 Å². The van der Waals surface area contributed by atoms with Crippen molar-refractivity contribution in [2.24, 2.45) is 0 Å². The molecule has 1 amide bonds. The van der Waals surface area contributed by atoms with Gasteiger partial charge in [0.25, 0.3) is 0 Å². The molecule has 0 aromatic heterocycles. The van der Waals surface area contributed by atoms with Gasteiger partial charge in [0.05, 0.1) is 20.3 Å². The van der Waals surface area contributed by atoms with Gasteiger partial charge in [-0.1, -0.05) is 6.92 Å². The quantitative estimate of drug-likeness (QED) is 0.678. The lowest BCUT2D eigenvalue weighted by molar-refractivity contribution is -0.121. The Bertz CT molecular complexity index is 420. The van der Waals surface area contributed by atoms with E-state index in [4.69, 9.17) is 14.6 Å². The summed E-state index contributed by atoms with van der Waals surface area (Å²) in [4.78, 5) is 11.4.